The summed E-state index contributed by atoms with van der Waals surface area (Å²) in [5, 5.41) is 0. The van der Waals surface area contributed by atoms with Crippen LogP contribution in [0.1, 0.15) is 33.6 Å². The molecule has 1 rings (SSSR count). The van der Waals surface area contributed by atoms with Crippen molar-refractivity contribution in [3.8, 4) is 12.3 Å². The first-order valence-electron chi connectivity index (χ1n) is 9.56. The molecule has 1 unspecified atom stereocenters. The molecule has 0 aromatic rings. The van der Waals surface area contributed by atoms with E-state index in [1.54, 1.807) is 0 Å². The predicted octanol–water partition coefficient (Wildman–Crippen LogP) is 0.644. The fourth-order valence-corrected chi connectivity index (χ4v) is 3.02. The molecule has 164 valence electrons. The topological polar surface area (TPSA) is 97.4 Å². The summed E-state index contributed by atoms with van der Waals surface area (Å²) >= 11 is 0. The number of ether oxygens (including phenoxy) is 5. The zero-order chi connectivity index (χ0) is 22.0. The van der Waals surface area contributed by atoms with Gasteiger partial charge in [0.15, 0.2) is 24.6 Å². The van der Waals surface area contributed by atoms with Gasteiger partial charge >= 0.3 is 17.9 Å². The lowest BCUT2D eigenvalue weighted by atomic mass is 10.0. The lowest BCUT2D eigenvalue weighted by Crippen LogP contribution is -2.58. The first kappa shape index (κ1) is 24.9. The van der Waals surface area contributed by atoms with Crippen LogP contribution in [-0.4, -0.2) is 87.4 Å². The molecule has 1 aliphatic heterocycles. The molecule has 29 heavy (non-hydrogen) atoms. The third-order valence-electron chi connectivity index (χ3n) is 4.26. The van der Waals surface area contributed by atoms with Crippen molar-refractivity contribution in [2.45, 2.75) is 58.2 Å². The maximum atomic E-state index is 11.6. The number of carbonyl (C=O) groups is 3. The minimum atomic E-state index is -1.05. The van der Waals surface area contributed by atoms with E-state index < -0.39 is 42.5 Å². The van der Waals surface area contributed by atoms with Gasteiger partial charge in [0.05, 0.1) is 33.9 Å². The molecule has 0 amide bonds. The Morgan fingerprint density at radius 3 is 2.14 bits per heavy atom. The minimum Gasteiger partial charge on any atom is -0.456 e. The van der Waals surface area contributed by atoms with Crippen LogP contribution in [0.3, 0.4) is 0 Å². The Labute approximate surface area is 172 Å². The van der Waals surface area contributed by atoms with Crippen molar-refractivity contribution in [3.63, 3.8) is 0 Å². The number of rotatable bonds is 10. The van der Waals surface area contributed by atoms with Crippen molar-refractivity contribution in [3.05, 3.63) is 0 Å². The van der Waals surface area contributed by atoms with Crippen LogP contribution in [0.2, 0.25) is 0 Å². The zero-order valence-electron chi connectivity index (χ0n) is 17.8. The summed E-state index contributed by atoms with van der Waals surface area (Å²) in [4.78, 5) is 34.4. The van der Waals surface area contributed by atoms with Gasteiger partial charge in [0.2, 0.25) is 0 Å². The van der Waals surface area contributed by atoms with E-state index in [0.717, 1.165) is 19.4 Å². The fourth-order valence-electron chi connectivity index (χ4n) is 3.02. The van der Waals surface area contributed by atoms with Crippen LogP contribution in [0.15, 0.2) is 0 Å². The lowest BCUT2D eigenvalue weighted by Gasteiger charge is -2.40. The summed E-state index contributed by atoms with van der Waals surface area (Å²) in [6.07, 6.45) is 3.07. The summed E-state index contributed by atoms with van der Waals surface area (Å²) in [6, 6.07) is 0. The molecule has 0 aromatic heterocycles. The van der Waals surface area contributed by atoms with Crippen LogP contribution in [0, 0.1) is 12.3 Å². The lowest BCUT2D eigenvalue weighted by molar-refractivity contribution is -0.883. The largest absolute Gasteiger partial charge is 0.456 e. The van der Waals surface area contributed by atoms with E-state index in [2.05, 4.69) is 20.0 Å². The Morgan fingerprint density at radius 1 is 1.00 bits per heavy atom. The molecule has 4 atom stereocenters. The molecular weight excluding hydrogens is 382 g/mol. The number of carbonyl (C=O) groups excluding carboxylic acids is 3. The van der Waals surface area contributed by atoms with Crippen LogP contribution in [0.4, 0.5) is 0 Å². The average Bonchev–Trinajstić information content (AvgIpc) is 2.57. The zero-order valence-corrected chi connectivity index (χ0v) is 17.8. The Bertz CT molecular complexity index is 612. The van der Waals surface area contributed by atoms with Crippen LogP contribution in [0.25, 0.3) is 0 Å². The van der Waals surface area contributed by atoms with Crippen molar-refractivity contribution in [1.82, 2.24) is 0 Å². The molecule has 0 radical (unpaired) electrons. The highest BCUT2D eigenvalue weighted by molar-refractivity contribution is 5.68. The fraction of sp³-hybridized carbons (Fsp3) is 0.750. The van der Waals surface area contributed by atoms with E-state index in [9.17, 15) is 14.4 Å². The van der Waals surface area contributed by atoms with E-state index in [-0.39, 0.29) is 6.61 Å². The summed E-state index contributed by atoms with van der Waals surface area (Å²) < 4.78 is 27.8. The molecule has 1 aliphatic rings. The van der Waals surface area contributed by atoms with Crippen LogP contribution in [0.5, 0.6) is 0 Å². The van der Waals surface area contributed by atoms with E-state index in [1.165, 1.54) is 20.8 Å². The van der Waals surface area contributed by atoms with Gasteiger partial charge in [-0.1, -0.05) is 0 Å². The third kappa shape index (κ3) is 9.26. The summed E-state index contributed by atoms with van der Waals surface area (Å²) in [5.74, 6) is 0.898. The molecule has 0 N–H and O–H groups in total. The Balaban J connectivity index is 2.72. The molecule has 0 aromatic carbocycles. The summed E-state index contributed by atoms with van der Waals surface area (Å²) in [5.41, 5.74) is 0. The maximum absolute atomic E-state index is 11.6. The number of esters is 3. The van der Waals surface area contributed by atoms with Crippen molar-refractivity contribution in [2.24, 2.45) is 0 Å². The van der Waals surface area contributed by atoms with Crippen molar-refractivity contribution >= 4 is 17.9 Å². The highest BCUT2D eigenvalue weighted by Gasteiger charge is 2.47. The second-order valence-electron chi connectivity index (χ2n) is 7.60. The van der Waals surface area contributed by atoms with Crippen LogP contribution >= 0.6 is 0 Å². The highest BCUT2D eigenvalue weighted by Crippen LogP contribution is 2.25. The number of nitrogens with zero attached hydrogens (tertiary/aromatic N) is 1. The first-order valence-corrected chi connectivity index (χ1v) is 9.56. The molecule has 1 saturated heterocycles. The molecule has 9 heteroatoms. The summed E-state index contributed by atoms with van der Waals surface area (Å²) in [6.45, 7) is 5.50. The Hall–Kier alpha value is -2.15. The molecule has 9 nitrogen and oxygen atoms in total. The summed E-state index contributed by atoms with van der Waals surface area (Å²) in [7, 11) is 4.11. The van der Waals surface area contributed by atoms with E-state index in [0.29, 0.717) is 17.6 Å². The van der Waals surface area contributed by atoms with Crippen LogP contribution < -0.4 is 0 Å². The molecule has 0 aliphatic carbocycles. The maximum Gasteiger partial charge on any atom is 0.303 e. The number of hydrogen-bond acceptors (Lipinski definition) is 8. The second-order valence-corrected chi connectivity index (χ2v) is 7.60. The number of unbranched alkanes of at least 4 members (excludes halogenated alkanes) is 1. The smallest absolute Gasteiger partial charge is 0.303 e. The van der Waals surface area contributed by atoms with Gasteiger partial charge in [-0.25, -0.2) is 0 Å². The predicted molar refractivity (Wildman–Crippen MR) is 102 cm³/mol. The van der Waals surface area contributed by atoms with Crippen LogP contribution in [-0.2, 0) is 38.1 Å². The third-order valence-corrected chi connectivity index (χ3v) is 4.26. The van der Waals surface area contributed by atoms with Gasteiger partial charge in [-0.15, -0.1) is 6.42 Å². The van der Waals surface area contributed by atoms with Gasteiger partial charge in [-0.05, 0) is 18.8 Å². The van der Waals surface area contributed by atoms with Gasteiger partial charge in [-0.3, -0.25) is 14.4 Å². The highest BCUT2D eigenvalue weighted by atomic mass is 16.7. The molecular formula is C20H32NO8+. The normalized spacial score (nSPS) is 24.3. The Kier molecular flexibility index (Phi) is 10.1. The number of quaternary nitrogens is 1. The van der Waals surface area contributed by atoms with Crippen molar-refractivity contribution in [2.75, 3.05) is 40.4 Å². The van der Waals surface area contributed by atoms with E-state index >= 15 is 0 Å². The van der Waals surface area contributed by atoms with Crippen molar-refractivity contribution < 1.29 is 42.6 Å². The first-order chi connectivity index (χ1) is 13.6. The standard InChI is InChI=1S/C20H32NO8/c1-7-10-21(5,6)11-8-9-12-25-20-19(29-16(4)24)18(28-15(3)23)17(13-26-20)27-14(2)22/h1,17-20H,8-13H2,2-6H3/q+1/t17-,18-,19-,20?/m1/s1. The number of terminal acetylenes is 1. The average molecular weight is 414 g/mol. The second kappa shape index (κ2) is 11.8. The molecule has 1 fully saturated rings. The van der Waals surface area contributed by atoms with Gasteiger partial charge in [0, 0.05) is 20.8 Å². The van der Waals surface area contributed by atoms with Gasteiger partial charge in [0.25, 0.3) is 0 Å². The molecule has 1 heterocycles. The molecule has 0 spiro atoms. The van der Waals surface area contributed by atoms with E-state index in [1.807, 2.05) is 0 Å². The van der Waals surface area contributed by atoms with Gasteiger partial charge in [0.1, 0.15) is 6.54 Å². The SMILES string of the molecule is C#CC[N+](C)(C)CCCCOC1OC[C@@H](OC(C)=O)[C@@H](OC(C)=O)[C@H]1OC(C)=O. The molecule has 0 saturated carbocycles. The molecule has 0 bridgehead atoms. The minimum absolute atomic E-state index is 0.0496. The van der Waals surface area contributed by atoms with Gasteiger partial charge < -0.3 is 28.2 Å². The van der Waals surface area contributed by atoms with E-state index in [4.69, 9.17) is 30.1 Å². The quantitative estimate of drug-likeness (QED) is 0.169. The van der Waals surface area contributed by atoms with Crippen molar-refractivity contribution in [1.29, 1.82) is 0 Å². The van der Waals surface area contributed by atoms with Gasteiger partial charge in [-0.2, -0.15) is 0 Å². The monoisotopic (exact) mass is 414 g/mol. The number of hydrogen-bond donors (Lipinski definition) is 0. The Morgan fingerprint density at radius 2 is 1.59 bits per heavy atom.